The smallest absolute Gasteiger partial charge is 0.202 e. The highest BCUT2D eigenvalue weighted by Crippen LogP contribution is 2.41. The molecule has 2 aromatic rings. The van der Waals surface area contributed by atoms with Crippen molar-refractivity contribution in [1.82, 2.24) is 14.8 Å². The summed E-state index contributed by atoms with van der Waals surface area (Å²) in [5.74, 6) is 1.81. The zero-order chi connectivity index (χ0) is 14.1. The van der Waals surface area contributed by atoms with E-state index in [0.717, 1.165) is 30.1 Å². The van der Waals surface area contributed by atoms with Crippen molar-refractivity contribution in [2.45, 2.75) is 18.9 Å². The van der Waals surface area contributed by atoms with Crippen molar-refractivity contribution < 1.29 is 4.74 Å². The minimum absolute atomic E-state index is 0.169. The second-order valence-electron chi connectivity index (χ2n) is 4.60. The Morgan fingerprint density at radius 1 is 1.50 bits per heavy atom. The molecule has 1 aliphatic rings. The number of aromatic nitrogens is 3. The molecule has 0 fully saturated rings. The fourth-order valence-electron chi connectivity index (χ4n) is 2.45. The molecule has 1 aromatic heterocycles. The van der Waals surface area contributed by atoms with E-state index in [-0.39, 0.29) is 5.92 Å². The zero-order valence-corrected chi connectivity index (χ0v) is 12.2. The molecule has 0 saturated carbocycles. The van der Waals surface area contributed by atoms with Gasteiger partial charge < -0.3 is 9.30 Å². The lowest BCUT2D eigenvalue weighted by Gasteiger charge is -2.17. The molecule has 0 saturated heterocycles. The van der Waals surface area contributed by atoms with Crippen LogP contribution in [0.1, 0.15) is 17.3 Å². The van der Waals surface area contributed by atoms with E-state index in [9.17, 15) is 0 Å². The average molecular weight is 309 g/mol. The molecule has 6 heteroatoms. The van der Waals surface area contributed by atoms with E-state index in [4.69, 9.17) is 27.9 Å². The molecule has 3 rings (SSSR count). The van der Waals surface area contributed by atoms with Gasteiger partial charge in [0.2, 0.25) is 6.33 Å². The molecular formula is C14H12Cl2N3O. The molecule has 0 aliphatic carbocycles. The first-order valence-corrected chi connectivity index (χ1v) is 6.97. The summed E-state index contributed by atoms with van der Waals surface area (Å²) in [4.78, 5) is 0. The van der Waals surface area contributed by atoms with Gasteiger partial charge in [-0.3, -0.25) is 0 Å². The van der Waals surface area contributed by atoms with E-state index in [1.165, 1.54) is 0 Å². The molecule has 4 nitrogen and oxygen atoms in total. The van der Waals surface area contributed by atoms with Gasteiger partial charge in [0.15, 0.2) is 0 Å². The van der Waals surface area contributed by atoms with E-state index in [1.54, 1.807) is 12.1 Å². The summed E-state index contributed by atoms with van der Waals surface area (Å²) in [6.45, 7) is 4.81. The summed E-state index contributed by atoms with van der Waals surface area (Å²) in [5, 5.41) is 8.88. The van der Waals surface area contributed by atoms with Gasteiger partial charge in [-0.15, -0.1) is 10.2 Å². The molecule has 2 heterocycles. The number of nitrogens with zero attached hydrogens (tertiary/aromatic N) is 3. The lowest BCUT2D eigenvalue weighted by atomic mass is 9.96. The van der Waals surface area contributed by atoms with Crippen LogP contribution in [0, 0.1) is 6.33 Å². The van der Waals surface area contributed by atoms with Crippen molar-refractivity contribution >= 4 is 23.2 Å². The second kappa shape index (κ2) is 5.46. The third-order valence-corrected chi connectivity index (χ3v) is 4.15. The number of benzene rings is 1. The van der Waals surface area contributed by atoms with Crippen LogP contribution < -0.4 is 4.74 Å². The van der Waals surface area contributed by atoms with Crippen LogP contribution in [0.15, 0.2) is 24.8 Å². The largest absolute Gasteiger partial charge is 0.489 e. The normalized spacial score (nSPS) is 17.0. The van der Waals surface area contributed by atoms with Crippen molar-refractivity contribution in [2.24, 2.45) is 0 Å². The van der Waals surface area contributed by atoms with Crippen LogP contribution in [-0.4, -0.2) is 21.4 Å². The summed E-state index contributed by atoms with van der Waals surface area (Å²) in [7, 11) is 0. The molecule has 1 aliphatic heterocycles. The van der Waals surface area contributed by atoms with Crippen LogP contribution in [0.4, 0.5) is 0 Å². The molecule has 0 N–H and O–H groups in total. The molecule has 1 radical (unpaired) electrons. The van der Waals surface area contributed by atoms with Gasteiger partial charge >= 0.3 is 0 Å². The Labute approximate surface area is 127 Å². The fraction of sp³-hybridized carbons (Fsp3) is 0.286. The lowest BCUT2D eigenvalue weighted by molar-refractivity contribution is 0.355. The Bertz CT molecular complexity index is 633. The van der Waals surface area contributed by atoms with Crippen molar-refractivity contribution in [2.75, 3.05) is 6.61 Å². The van der Waals surface area contributed by atoms with E-state index in [0.29, 0.717) is 16.7 Å². The van der Waals surface area contributed by atoms with Gasteiger partial charge in [0.05, 0.1) is 10.0 Å². The molecule has 0 bridgehead atoms. The minimum Gasteiger partial charge on any atom is -0.489 e. The number of ether oxygens (including phenoxy) is 1. The minimum atomic E-state index is 0.169. The molecule has 103 valence electrons. The Hall–Kier alpha value is -1.52. The van der Waals surface area contributed by atoms with E-state index < -0.39 is 0 Å². The second-order valence-corrected chi connectivity index (χ2v) is 5.39. The maximum absolute atomic E-state index is 6.37. The Kier molecular flexibility index (Phi) is 3.68. The van der Waals surface area contributed by atoms with E-state index >= 15 is 0 Å². The summed E-state index contributed by atoms with van der Waals surface area (Å²) in [6.07, 6.45) is 5.29. The molecule has 1 atom stereocenters. The molecule has 1 unspecified atom stereocenters. The van der Waals surface area contributed by atoms with Gasteiger partial charge in [0.25, 0.3) is 0 Å². The summed E-state index contributed by atoms with van der Waals surface area (Å²) >= 11 is 12.5. The van der Waals surface area contributed by atoms with E-state index in [2.05, 4.69) is 23.1 Å². The van der Waals surface area contributed by atoms with Crippen molar-refractivity contribution in [3.63, 3.8) is 0 Å². The number of hydrogen-bond acceptors (Lipinski definition) is 3. The third-order valence-electron chi connectivity index (χ3n) is 3.33. The standard InChI is InChI=1S/C14H12Cl2N3O/c1-2-5-20-11-4-3-10(15)14(16)13(11)9-6-12-18-17-8-19(12)7-9/h2-4,9H,1,5-7H2. The fourth-order valence-corrected chi connectivity index (χ4v) is 2.92. The van der Waals surface area contributed by atoms with Gasteiger partial charge in [-0.05, 0) is 12.1 Å². The lowest BCUT2D eigenvalue weighted by Crippen LogP contribution is -2.06. The Morgan fingerprint density at radius 2 is 2.35 bits per heavy atom. The summed E-state index contributed by atoms with van der Waals surface area (Å²) in [5.41, 5.74) is 0.917. The Morgan fingerprint density at radius 3 is 3.10 bits per heavy atom. The van der Waals surface area contributed by atoms with Gasteiger partial charge in [0.1, 0.15) is 18.2 Å². The van der Waals surface area contributed by atoms with E-state index in [1.807, 2.05) is 10.6 Å². The third kappa shape index (κ3) is 2.30. The molecular weight excluding hydrogens is 297 g/mol. The molecule has 20 heavy (non-hydrogen) atoms. The van der Waals surface area contributed by atoms with Gasteiger partial charge in [-0.2, -0.15) is 0 Å². The first-order valence-electron chi connectivity index (χ1n) is 6.22. The summed E-state index contributed by atoms with van der Waals surface area (Å²) < 4.78 is 7.60. The predicted molar refractivity (Wildman–Crippen MR) is 77.5 cm³/mol. The monoisotopic (exact) mass is 308 g/mol. The van der Waals surface area contributed by atoms with Crippen LogP contribution in [0.2, 0.25) is 10.0 Å². The molecule has 0 amide bonds. The predicted octanol–water partition coefficient (Wildman–Crippen LogP) is 3.29. The quantitative estimate of drug-likeness (QED) is 0.814. The Balaban J connectivity index is 1.97. The van der Waals surface area contributed by atoms with Crippen LogP contribution in [-0.2, 0) is 13.0 Å². The van der Waals surface area contributed by atoms with Crippen molar-refractivity contribution in [3.05, 3.63) is 52.5 Å². The van der Waals surface area contributed by atoms with Gasteiger partial charge in [0, 0.05) is 24.4 Å². The highest BCUT2D eigenvalue weighted by atomic mass is 35.5. The first kappa shape index (κ1) is 13.5. The van der Waals surface area contributed by atoms with Crippen LogP contribution in [0.3, 0.4) is 0 Å². The highest BCUT2D eigenvalue weighted by Gasteiger charge is 2.29. The maximum atomic E-state index is 6.37. The topological polar surface area (TPSA) is 39.9 Å². The van der Waals surface area contributed by atoms with Crippen molar-refractivity contribution in [1.29, 1.82) is 0 Å². The zero-order valence-electron chi connectivity index (χ0n) is 10.6. The summed E-state index contributed by atoms with van der Waals surface area (Å²) in [6, 6.07) is 3.59. The number of hydrogen-bond donors (Lipinski definition) is 0. The number of fused-ring (bicyclic) bond motifs is 1. The van der Waals surface area contributed by atoms with Crippen LogP contribution in [0.5, 0.6) is 5.75 Å². The first-order chi connectivity index (χ1) is 9.70. The van der Waals surface area contributed by atoms with Crippen molar-refractivity contribution in [3.8, 4) is 5.75 Å². The average Bonchev–Trinajstić information content (AvgIpc) is 3.01. The SMILES string of the molecule is C=CCOc1ccc(Cl)c(Cl)c1C1Cc2nn[c]n2C1. The molecule has 0 spiro atoms. The number of rotatable bonds is 4. The van der Waals surface area contributed by atoms with Crippen LogP contribution >= 0.6 is 23.2 Å². The van der Waals surface area contributed by atoms with Gasteiger partial charge in [-0.1, -0.05) is 35.9 Å². The van der Waals surface area contributed by atoms with Gasteiger partial charge in [-0.25, -0.2) is 0 Å². The molecule has 1 aromatic carbocycles. The highest BCUT2D eigenvalue weighted by molar-refractivity contribution is 6.42. The maximum Gasteiger partial charge on any atom is 0.202 e. The number of halogens is 2. The van der Waals surface area contributed by atoms with Crippen LogP contribution in [0.25, 0.3) is 0 Å².